The molecule has 5 nitrogen and oxygen atoms in total. The van der Waals surface area contributed by atoms with E-state index >= 15 is 0 Å². The van der Waals surface area contributed by atoms with Gasteiger partial charge in [-0.25, -0.2) is 0 Å². The number of fused-ring (bicyclic) bond motifs is 1. The Labute approximate surface area is 221 Å². The molecule has 0 aromatic heterocycles. The highest BCUT2D eigenvalue weighted by Crippen LogP contribution is 2.36. The molecule has 5 rings (SSSR count). The number of nitrogens with one attached hydrogen (secondary N) is 1. The van der Waals surface area contributed by atoms with Crippen LogP contribution in [0.4, 0.5) is 0 Å². The quantitative estimate of drug-likeness (QED) is 0.364. The summed E-state index contributed by atoms with van der Waals surface area (Å²) in [6, 6.07) is 16.8. The summed E-state index contributed by atoms with van der Waals surface area (Å²) in [7, 11) is 0. The minimum atomic E-state index is -0.245. The molecule has 5 heteroatoms. The summed E-state index contributed by atoms with van der Waals surface area (Å²) in [5.41, 5.74) is 2.98. The summed E-state index contributed by atoms with van der Waals surface area (Å²) in [5, 5.41) is 3.27. The fourth-order valence-electron chi connectivity index (χ4n) is 6.04. The predicted molar refractivity (Wildman–Crippen MR) is 148 cm³/mol. The molecule has 1 aromatic carbocycles. The number of likely N-dealkylation sites (tertiary alicyclic amines) is 1. The van der Waals surface area contributed by atoms with Gasteiger partial charge in [-0.1, -0.05) is 18.6 Å². The van der Waals surface area contributed by atoms with Crippen LogP contribution in [0.15, 0.2) is 59.2 Å². The molecule has 1 saturated carbocycles. The van der Waals surface area contributed by atoms with Crippen LogP contribution in [0.5, 0.6) is 5.75 Å². The second-order valence-corrected chi connectivity index (χ2v) is 12.0. The molecule has 2 heterocycles. The maximum atomic E-state index is 12.8. The van der Waals surface area contributed by atoms with E-state index in [1.807, 2.05) is 57.4 Å². The summed E-state index contributed by atoms with van der Waals surface area (Å²) < 4.78 is 11.8. The van der Waals surface area contributed by atoms with Gasteiger partial charge in [0, 0.05) is 28.8 Å². The lowest BCUT2D eigenvalue weighted by Gasteiger charge is -2.37. The van der Waals surface area contributed by atoms with Gasteiger partial charge in [0.15, 0.2) is 0 Å². The minimum absolute atomic E-state index is 0.0223. The number of benzene rings is 1. The van der Waals surface area contributed by atoms with Crippen molar-refractivity contribution in [3.8, 4) is 17.1 Å². The number of hydrogen-bond acceptors (Lipinski definition) is 4. The first-order chi connectivity index (χ1) is 17.8. The third-order valence-electron chi connectivity index (χ3n) is 8.00. The van der Waals surface area contributed by atoms with Crippen LogP contribution in [0.1, 0.15) is 94.1 Å². The third kappa shape index (κ3) is 6.75. The van der Waals surface area contributed by atoms with Crippen molar-refractivity contribution in [2.45, 2.75) is 89.8 Å². The van der Waals surface area contributed by atoms with Gasteiger partial charge in [-0.15, -0.1) is 0 Å². The lowest BCUT2D eigenvalue weighted by atomic mass is 9.83. The number of ether oxygens (including phenoxy) is 1. The second kappa shape index (κ2) is 11.3. The Balaban J connectivity index is 1.08. The zero-order chi connectivity index (χ0) is 25.8. The van der Waals surface area contributed by atoms with Crippen LogP contribution < -0.4 is 10.1 Å². The Hall–Kier alpha value is -2.79. The van der Waals surface area contributed by atoms with Crippen molar-refractivity contribution < 1.29 is 13.9 Å². The highest BCUT2D eigenvalue weighted by Gasteiger charge is 2.28. The van der Waals surface area contributed by atoms with E-state index < -0.39 is 0 Å². The molecule has 198 valence electrons. The third-order valence-corrected chi connectivity index (χ3v) is 8.00. The van der Waals surface area contributed by atoms with Crippen LogP contribution in [0, 0.1) is 5.92 Å². The molecular formula is C32H42N2O3. The molecule has 0 spiro atoms. The molecule has 1 aromatic rings. The molecule has 0 bridgehead atoms. The van der Waals surface area contributed by atoms with Gasteiger partial charge in [-0.3, -0.25) is 9.69 Å². The fraction of sp³-hybridized carbons (Fsp3) is 0.531. The average Bonchev–Trinajstić information content (AvgIpc) is 3.36. The Bertz CT molecular complexity index is 1120. The smallest absolute Gasteiger partial charge is 0.251 e. The number of carbonyl (C=O) groups excluding carboxylic acids is 1. The van der Waals surface area contributed by atoms with Gasteiger partial charge in [0.2, 0.25) is 0 Å². The second-order valence-electron chi connectivity index (χ2n) is 12.0. The topological polar surface area (TPSA) is 54.7 Å². The average molecular weight is 503 g/mol. The van der Waals surface area contributed by atoms with Gasteiger partial charge < -0.3 is 14.5 Å². The van der Waals surface area contributed by atoms with E-state index in [1.165, 1.54) is 56.2 Å². The predicted octanol–water partition coefficient (Wildman–Crippen LogP) is 7.47. The maximum absolute atomic E-state index is 12.8. The molecule has 1 unspecified atom stereocenters. The molecular weight excluding hydrogens is 460 g/mol. The molecule has 2 aliphatic carbocycles. The van der Waals surface area contributed by atoms with Gasteiger partial charge in [-0.05, 0) is 121 Å². The van der Waals surface area contributed by atoms with Gasteiger partial charge in [0.1, 0.15) is 17.1 Å². The van der Waals surface area contributed by atoms with Crippen molar-refractivity contribution in [3.05, 3.63) is 65.9 Å². The molecule has 2 fully saturated rings. The Morgan fingerprint density at radius 3 is 2.57 bits per heavy atom. The van der Waals surface area contributed by atoms with Crippen molar-refractivity contribution in [1.29, 1.82) is 0 Å². The zero-order valence-electron chi connectivity index (χ0n) is 22.7. The summed E-state index contributed by atoms with van der Waals surface area (Å²) in [6.07, 6.45) is 11.5. The molecule has 1 saturated heterocycles. The van der Waals surface area contributed by atoms with E-state index in [1.54, 1.807) is 0 Å². The standard InChI is InChI=1S/C32H42N2O3/c1-32(2,3)37-28-16-12-24(13-17-28)31(35)33-27-14-10-23(11-15-27)18-20-34-19-5-4-8-29(34)26-21-25-7-6-9-30(25)36-22-26/h6-7,9,12-13,16-17,21-23,27,29H,4-5,8,10-11,14-15,18-20H2,1-3H3,(H,33,35). The molecule has 0 radical (unpaired) electrons. The van der Waals surface area contributed by atoms with Gasteiger partial charge in [0.05, 0.1) is 6.26 Å². The molecule has 4 aliphatic rings. The summed E-state index contributed by atoms with van der Waals surface area (Å²) in [5.74, 6) is 2.53. The first kappa shape index (κ1) is 25.8. The van der Waals surface area contributed by atoms with E-state index in [0.29, 0.717) is 11.6 Å². The molecule has 1 atom stereocenters. The number of rotatable bonds is 7. The van der Waals surface area contributed by atoms with Gasteiger partial charge in [-0.2, -0.15) is 0 Å². The zero-order valence-corrected chi connectivity index (χ0v) is 22.7. The highest BCUT2D eigenvalue weighted by molar-refractivity contribution is 5.94. The fourth-order valence-corrected chi connectivity index (χ4v) is 6.04. The monoisotopic (exact) mass is 502 g/mol. The number of carbonyl (C=O) groups is 1. The Kier molecular flexibility index (Phi) is 7.89. The number of hydrogen-bond donors (Lipinski definition) is 1. The molecule has 1 N–H and O–H groups in total. The lowest BCUT2D eigenvalue weighted by molar-refractivity contribution is 0.0915. The number of nitrogens with zero attached hydrogens (tertiary/aromatic N) is 1. The first-order valence-electron chi connectivity index (χ1n) is 14.2. The van der Waals surface area contributed by atoms with Crippen LogP contribution in [-0.4, -0.2) is 35.5 Å². The number of amides is 1. The van der Waals surface area contributed by atoms with Crippen LogP contribution in [-0.2, 0) is 0 Å². The van der Waals surface area contributed by atoms with Crippen molar-refractivity contribution in [2.75, 3.05) is 13.1 Å². The van der Waals surface area contributed by atoms with Crippen LogP contribution in [0.25, 0.3) is 11.3 Å². The number of piperidine rings is 1. The highest BCUT2D eigenvalue weighted by atomic mass is 16.5. The Morgan fingerprint density at radius 2 is 1.81 bits per heavy atom. The largest absolute Gasteiger partial charge is 0.488 e. The Morgan fingerprint density at radius 1 is 1.03 bits per heavy atom. The molecule has 37 heavy (non-hydrogen) atoms. The molecule has 1 amide bonds. The van der Waals surface area contributed by atoms with Gasteiger partial charge >= 0.3 is 0 Å². The van der Waals surface area contributed by atoms with Crippen LogP contribution in [0.2, 0.25) is 0 Å². The van der Waals surface area contributed by atoms with E-state index in [2.05, 4.69) is 28.4 Å². The minimum Gasteiger partial charge on any atom is -0.488 e. The van der Waals surface area contributed by atoms with E-state index in [0.717, 1.165) is 36.8 Å². The van der Waals surface area contributed by atoms with Crippen LogP contribution >= 0.6 is 0 Å². The summed E-state index contributed by atoms with van der Waals surface area (Å²) in [6.45, 7) is 8.39. The van der Waals surface area contributed by atoms with E-state index in [9.17, 15) is 4.79 Å². The van der Waals surface area contributed by atoms with Gasteiger partial charge in [0.25, 0.3) is 5.91 Å². The first-order valence-corrected chi connectivity index (χ1v) is 14.2. The van der Waals surface area contributed by atoms with E-state index in [-0.39, 0.29) is 17.6 Å². The SMILES string of the molecule is CC(C)(C)Oc1ccc(C(=O)NC2CCC(CCN3CCCCC3c3coc4cccc-4c3)CC2)cc1. The van der Waals surface area contributed by atoms with Crippen molar-refractivity contribution >= 4 is 5.91 Å². The van der Waals surface area contributed by atoms with E-state index in [4.69, 9.17) is 9.15 Å². The van der Waals surface area contributed by atoms with Crippen molar-refractivity contribution in [3.63, 3.8) is 0 Å². The maximum Gasteiger partial charge on any atom is 0.251 e. The van der Waals surface area contributed by atoms with Crippen LogP contribution in [0.3, 0.4) is 0 Å². The van der Waals surface area contributed by atoms with Crippen molar-refractivity contribution in [1.82, 2.24) is 10.2 Å². The summed E-state index contributed by atoms with van der Waals surface area (Å²) >= 11 is 0. The molecule has 2 aliphatic heterocycles. The lowest BCUT2D eigenvalue weighted by Crippen LogP contribution is -2.39. The summed E-state index contributed by atoms with van der Waals surface area (Å²) in [4.78, 5) is 15.5. The van der Waals surface area contributed by atoms with Crippen molar-refractivity contribution in [2.24, 2.45) is 5.92 Å². The normalized spacial score (nSPS) is 23.2.